The van der Waals surface area contributed by atoms with Gasteiger partial charge in [-0.05, 0) is 41.5 Å². The Hall–Kier alpha value is -0.660. The van der Waals surface area contributed by atoms with E-state index in [9.17, 15) is 13.0 Å². The Morgan fingerprint density at radius 3 is 2.24 bits per heavy atom. The first-order valence-electron chi connectivity index (χ1n) is 9.04. The summed E-state index contributed by atoms with van der Waals surface area (Å²) in [7, 11) is -0.845. The number of rotatable bonds is 6. The van der Waals surface area contributed by atoms with Gasteiger partial charge >= 0.3 is 29.6 Å². The molecule has 0 radical (unpaired) electrons. The summed E-state index contributed by atoms with van der Waals surface area (Å²) in [5.74, 6) is 0.623. The van der Waals surface area contributed by atoms with Crippen LogP contribution in [0.25, 0.3) is 11.1 Å². The molecule has 6 nitrogen and oxygen atoms in total. The first kappa shape index (κ1) is 26.4. The molecule has 9 heteroatoms. The van der Waals surface area contributed by atoms with Gasteiger partial charge in [0.1, 0.15) is 10.6 Å². The Morgan fingerprint density at radius 1 is 1.00 bits per heavy atom. The van der Waals surface area contributed by atoms with E-state index in [1.807, 2.05) is 18.2 Å². The zero-order valence-corrected chi connectivity index (χ0v) is 17.9. The van der Waals surface area contributed by atoms with Gasteiger partial charge in [-0.15, -0.1) is 0 Å². The van der Waals surface area contributed by atoms with Crippen molar-refractivity contribution in [1.82, 2.24) is 0 Å². The number of hydrogen-bond donors (Lipinski definition) is 1. The third kappa shape index (κ3) is 6.17. The van der Waals surface area contributed by atoms with Crippen molar-refractivity contribution in [2.24, 2.45) is 0 Å². The van der Waals surface area contributed by atoms with Crippen LogP contribution in [-0.2, 0) is 10.1 Å². The average molecular weight is 450 g/mol. The van der Waals surface area contributed by atoms with Crippen LogP contribution in [0.4, 0.5) is 0 Å². The van der Waals surface area contributed by atoms with Crippen molar-refractivity contribution in [1.29, 1.82) is 0 Å². The summed E-state index contributed by atoms with van der Waals surface area (Å²) in [6.45, 7) is 0. The van der Waals surface area contributed by atoms with Gasteiger partial charge in [-0.25, -0.2) is 0 Å². The normalized spacial score (nSPS) is 14.9. The van der Waals surface area contributed by atoms with Gasteiger partial charge in [0.25, 0.3) is 10.1 Å². The van der Waals surface area contributed by atoms with Crippen LogP contribution in [0.1, 0.15) is 32.1 Å². The molecule has 1 fully saturated rings. The van der Waals surface area contributed by atoms with Crippen molar-refractivity contribution in [2.45, 2.75) is 42.7 Å². The number of methoxy groups -OCH3 is 2. The first-order valence-corrected chi connectivity index (χ1v) is 11.6. The Morgan fingerprint density at radius 2 is 1.66 bits per heavy atom. The topological polar surface area (TPSA) is 104 Å². The maximum absolute atomic E-state index is 11.8. The van der Waals surface area contributed by atoms with Crippen LogP contribution in [-0.4, -0.2) is 67.9 Å². The molecule has 2 aromatic rings. The molecule has 0 aromatic heterocycles. The van der Waals surface area contributed by atoms with Crippen LogP contribution in [0.15, 0.2) is 41.3 Å². The summed E-state index contributed by atoms with van der Waals surface area (Å²) in [6, 6.07) is 10.8. The fourth-order valence-electron chi connectivity index (χ4n) is 3.67. The molecule has 0 heterocycles. The van der Waals surface area contributed by atoms with E-state index in [4.69, 9.17) is 9.47 Å². The van der Waals surface area contributed by atoms with Crippen LogP contribution in [0, 0.1) is 0 Å². The van der Waals surface area contributed by atoms with E-state index in [-0.39, 0.29) is 45.7 Å². The predicted molar refractivity (Wildman–Crippen MR) is 120 cm³/mol. The van der Waals surface area contributed by atoms with Crippen molar-refractivity contribution >= 4 is 53.6 Å². The molecule has 29 heavy (non-hydrogen) atoms. The van der Waals surface area contributed by atoms with E-state index < -0.39 is 10.1 Å². The Bertz CT molecular complexity index is 913. The quantitative estimate of drug-likeness (QED) is 0.414. The molecular formula is C20H28NaO6PS. The molecule has 3 rings (SSSR count). The van der Waals surface area contributed by atoms with Gasteiger partial charge < -0.3 is 14.9 Å². The van der Waals surface area contributed by atoms with E-state index in [1.54, 1.807) is 6.07 Å². The van der Waals surface area contributed by atoms with Crippen molar-refractivity contribution < 1.29 is 27.9 Å². The zero-order valence-electron chi connectivity index (χ0n) is 16.1. The van der Waals surface area contributed by atoms with Gasteiger partial charge in [-0.3, -0.25) is 4.55 Å². The van der Waals surface area contributed by atoms with Crippen molar-refractivity contribution in [2.75, 3.05) is 14.2 Å². The number of hydrogen-bond acceptors (Lipinski definition) is 4. The van der Waals surface area contributed by atoms with Crippen LogP contribution in [0.3, 0.4) is 0 Å². The molecule has 1 atom stereocenters. The molecule has 0 bridgehead atoms. The number of ether oxygens (including phenoxy) is 2. The minimum absolute atomic E-state index is 0. The monoisotopic (exact) mass is 450 g/mol. The molecule has 0 amide bonds. The van der Waals surface area contributed by atoms with Crippen LogP contribution >= 0.6 is 8.58 Å². The Labute approximate surface area is 196 Å². The summed E-state index contributed by atoms with van der Waals surface area (Å²) in [4.78, 5) is -0.253. The third-order valence-corrected chi connectivity index (χ3v) is 7.56. The maximum atomic E-state index is 11.8. The second kappa shape index (κ2) is 11.7. The Kier molecular flexibility index (Phi) is 10.6. The molecule has 1 aliphatic rings. The summed E-state index contributed by atoms with van der Waals surface area (Å²) in [6.07, 6.45) is 6.30. The molecule has 0 spiro atoms. The van der Waals surface area contributed by atoms with Crippen LogP contribution < -0.4 is 14.8 Å². The zero-order chi connectivity index (χ0) is 19.4. The summed E-state index contributed by atoms with van der Waals surface area (Å²) >= 11 is 0. The molecule has 1 saturated carbocycles. The van der Waals surface area contributed by atoms with Gasteiger partial charge in [-0.2, -0.15) is 8.42 Å². The van der Waals surface area contributed by atoms with E-state index in [2.05, 4.69) is 6.07 Å². The van der Waals surface area contributed by atoms with Crippen molar-refractivity contribution in [3.05, 3.63) is 36.4 Å². The third-order valence-electron chi connectivity index (χ3n) is 4.95. The van der Waals surface area contributed by atoms with Crippen molar-refractivity contribution in [3.63, 3.8) is 0 Å². The molecule has 2 aromatic carbocycles. The van der Waals surface area contributed by atoms with Gasteiger partial charge in [0, 0.05) is 0 Å². The fourth-order valence-corrected chi connectivity index (χ4v) is 6.02. The molecule has 3 N–H and O–H groups in total. The van der Waals surface area contributed by atoms with Crippen LogP contribution in [0.2, 0.25) is 0 Å². The minimum atomic E-state index is -4.42. The number of benzene rings is 2. The van der Waals surface area contributed by atoms with E-state index in [1.165, 1.54) is 52.4 Å². The van der Waals surface area contributed by atoms with Crippen LogP contribution in [0.5, 0.6) is 11.5 Å². The van der Waals surface area contributed by atoms with E-state index in [0.717, 1.165) is 10.9 Å². The van der Waals surface area contributed by atoms with E-state index >= 15 is 0 Å². The van der Waals surface area contributed by atoms with Gasteiger partial charge in [-0.1, -0.05) is 52.1 Å². The molecule has 156 valence electrons. The SMILES string of the molecule is COc1ccc(S(=O)(=O)O)c(OC)c1-c1ccccc1PC1CCCCC1.O.[NaH]. The molecule has 1 unspecified atom stereocenters. The predicted octanol–water partition coefficient (Wildman–Crippen LogP) is 2.78. The molecule has 1 aliphatic carbocycles. The molecular weight excluding hydrogens is 422 g/mol. The van der Waals surface area contributed by atoms with Crippen molar-refractivity contribution in [3.8, 4) is 22.6 Å². The summed E-state index contributed by atoms with van der Waals surface area (Å²) in [5.41, 5.74) is 2.11. The second-order valence-electron chi connectivity index (χ2n) is 6.67. The fraction of sp³-hybridized carbons (Fsp3) is 0.400. The standard InChI is InChI=1S/C20H25O5PS.Na.H2O.H/c1-24-16-12-13-18(27(21,22)23)20(25-2)19(16)15-10-6-7-11-17(15)26-14-8-4-3-5-9-14;;;/h6-7,10-14,26H,3-5,8-9H2,1-2H3,(H,21,22,23);;1H2;. The summed E-state index contributed by atoms with van der Waals surface area (Å²) < 4.78 is 44.2. The van der Waals surface area contributed by atoms with Gasteiger partial charge in [0.2, 0.25) is 0 Å². The second-order valence-corrected chi connectivity index (χ2v) is 9.71. The first-order chi connectivity index (χ1) is 13.0. The Balaban J connectivity index is 0.00000210. The summed E-state index contributed by atoms with van der Waals surface area (Å²) in [5, 5.41) is 1.16. The van der Waals surface area contributed by atoms with Gasteiger partial charge in [0.15, 0.2) is 5.75 Å². The molecule has 0 aliphatic heterocycles. The van der Waals surface area contributed by atoms with Gasteiger partial charge in [0.05, 0.1) is 19.8 Å². The average Bonchev–Trinajstić information content (AvgIpc) is 2.67. The molecule has 0 saturated heterocycles. The van der Waals surface area contributed by atoms with E-state index in [0.29, 0.717) is 25.6 Å².